The van der Waals surface area contributed by atoms with E-state index in [1.54, 1.807) is 47.3 Å². The molecule has 3 aromatic carbocycles. The number of sulfonamides is 1. The largest absolute Gasteiger partial charge is 0.321 e. The van der Waals surface area contributed by atoms with Gasteiger partial charge in [-0.2, -0.15) is 14.7 Å². The smallest absolute Gasteiger partial charge is 0.266 e. The molecule has 1 N–H and O–H groups in total. The normalized spacial score (nSPS) is 14.2. The third-order valence-electron chi connectivity index (χ3n) is 6.55. The van der Waals surface area contributed by atoms with Crippen molar-refractivity contribution in [2.75, 3.05) is 18.4 Å². The Hall–Kier alpha value is -4.52. The Labute approximate surface area is 227 Å². The van der Waals surface area contributed by atoms with Gasteiger partial charge in [0.15, 0.2) is 0 Å². The lowest BCUT2D eigenvalue weighted by Crippen LogP contribution is -2.27. The minimum absolute atomic E-state index is 0.106. The first-order valence-corrected chi connectivity index (χ1v) is 14.0. The number of nitrogens with zero attached hydrogens (tertiary/aromatic N) is 4. The SMILES string of the molecule is Cc1ccc(NC(=O)C(C#N)=Cc2cn(-c3ccccc3)nc2-c2cccc(S(=O)(=O)N3CCCC3)c2)cc1. The Kier molecular flexibility index (Phi) is 7.41. The van der Waals surface area contributed by atoms with Gasteiger partial charge in [-0.05, 0) is 62.2 Å². The molecule has 4 aromatic rings. The summed E-state index contributed by atoms with van der Waals surface area (Å²) in [6.45, 7) is 2.96. The van der Waals surface area contributed by atoms with Gasteiger partial charge < -0.3 is 5.32 Å². The summed E-state index contributed by atoms with van der Waals surface area (Å²) in [6.07, 6.45) is 4.89. The average molecular weight is 538 g/mol. The molecule has 1 aliphatic heterocycles. The highest BCUT2D eigenvalue weighted by Gasteiger charge is 2.27. The van der Waals surface area contributed by atoms with Gasteiger partial charge >= 0.3 is 0 Å². The van der Waals surface area contributed by atoms with Crippen molar-refractivity contribution >= 4 is 27.7 Å². The fourth-order valence-electron chi connectivity index (χ4n) is 4.45. The van der Waals surface area contributed by atoms with Gasteiger partial charge in [-0.25, -0.2) is 13.1 Å². The Balaban J connectivity index is 1.56. The first kappa shape index (κ1) is 26.1. The van der Waals surface area contributed by atoms with E-state index in [9.17, 15) is 18.5 Å². The van der Waals surface area contributed by atoms with Crippen LogP contribution in [0.1, 0.15) is 24.0 Å². The van der Waals surface area contributed by atoms with E-state index >= 15 is 0 Å². The fourth-order valence-corrected chi connectivity index (χ4v) is 6.01. The minimum atomic E-state index is -3.64. The quantitative estimate of drug-likeness (QED) is 0.258. The lowest BCUT2D eigenvalue weighted by Gasteiger charge is -2.16. The molecule has 0 spiro atoms. The summed E-state index contributed by atoms with van der Waals surface area (Å²) in [7, 11) is -3.64. The number of para-hydroxylation sites is 1. The van der Waals surface area contributed by atoms with Crippen LogP contribution in [0.2, 0.25) is 0 Å². The Bertz CT molecular complexity index is 1680. The summed E-state index contributed by atoms with van der Waals surface area (Å²) >= 11 is 0. The number of hydrogen-bond acceptors (Lipinski definition) is 5. The second kappa shape index (κ2) is 11.1. The molecular formula is C30H27N5O3S. The van der Waals surface area contributed by atoms with Crippen LogP contribution in [0.15, 0.2) is 95.5 Å². The van der Waals surface area contributed by atoms with Crippen molar-refractivity contribution in [1.82, 2.24) is 14.1 Å². The van der Waals surface area contributed by atoms with Crippen molar-refractivity contribution < 1.29 is 13.2 Å². The number of anilines is 1. The monoisotopic (exact) mass is 537 g/mol. The number of benzene rings is 3. The van der Waals surface area contributed by atoms with Gasteiger partial charge in [0, 0.05) is 36.1 Å². The lowest BCUT2D eigenvalue weighted by molar-refractivity contribution is -0.112. The van der Waals surface area contributed by atoms with Crippen molar-refractivity contribution in [2.24, 2.45) is 0 Å². The molecule has 1 fully saturated rings. The standard InChI is InChI=1S/C30H27N5O3S/c1-22-12-14-26(15-13-22)32-30(36)24(20-31)18-25-21-35(27-9-3-2-4-10-27)33-29(25)23-8-7-11-28(19-23)39(37,38)34-16-5-6-17-34/h2-4,7-15,18-19,21H,5-6,16-17H2,1H3,(H,32,36). The molecule has 5 rings (SSSR count). The highest BCUT2D eigenvalue weighted by Crippen LogP contribution is 2.29. The van der Waals surface area contributed by atoms with Gasteiger partial charge in [-0.3, -0.25) is 4.79 Å². The summed E-state index contributed by atoms with van der Waals surface area (Å²) in [5, 5.41) is 17.3. The lowest BCUT2D eigenvalue weighted by atomic mass is 10.1. The van der Waals surface area contributed by atoms with Crippen LogP contribution in [0.25, 0.3) is 23.0 Å². The van der Waals surface area contributed by atoms with E-state index in [1.165, 1.54) is 10.4 Å². The minimum Gasteiger partial charge on any atom is -0.321 e. The predicted octanol–water partition coefficient (Wildman–Crippen LogP) is 5.18. The maximum atomic E-state index is 13.2. The number of aromatic nitrogens is 2. The number of nitrogens with one attached hydrogen (secondary N) is 1. The molecule has 0 bridgehead atoms. The molecule has 1 aliphatic rings. The van der Waals surface area contributed by atoms with E-state index in [4.69, 9.17) is 5.10 Å². The highest BCUT2D eigenvalue weighted by molar-refractivity contribution is 7.89. The van der Waals surface area contributed by atoms with Crippen molar-refractivity contribution in [2.45, 2.75) is 24.7 Å². The molecule has 8 nitrogen and oxygen atoms in total. The van der Waals surface area contributed by atoms with Crippen LogP contribution in [0.4, 0.5) is 5.69 Å². The molecule has 1 saturated heterocycles. The fraction of sp³-hybridized carbons (Fsp3) is 0.167. The molecule has 9 heteroatoms. The van der Waals surface area contributed by atoms with Crippen LogP contribution in [0.5, 0.6) is 0 Å². The maximum absolute atomic E-state index is 13.2. The van der Waals surface area contributed by atoms with Crippen LogP contribution in [0, 0.1) is 18.3 Å². The van der Waals surface area contributed by atoms with Crippen molar-refractivity contribution in [1.29, 1.82) is 5.26 Å². The molecule has 0 atom stereocenters. The zero-order valence-corrected chi connectivity index (χ0v) is 22.2. The van der Waals surface area contributed by atoms with E-state index in [0.29, 0.717) is 35.6 Å². The average Bonchev–Trinajstić information content (AvgIpc) is 3.65. The van der Waals surface area contributed by atoms with E-state index in [-0.39, 0.29) is 10.5 Å². The molecule has 1 amide bonds. The Morgan fingerprint density at radius 2 is 1.72 bits per heavy atom. The molecule has 0 radical (unpaired) electrons. The number of carbonyl (C=O) groups is 1. The van der Waals surface area contributed by atoms with Crippen molar-refractivity contribution in [3.05, 3.63) is 102 Å². The zero-order valence-electron chi connectivity index (χ0n) is 21.4. The van der Waals surface area contributed by atoms with Crippen LogP contribution < -0.4 is 5.32 Å². The molecule has 0 aliphatic carbocycles. The van der Waals surface area contributed by atoms with E-state index in [2.05, 4.69) is 5.32 Å². The number of carbonyl (C=O) groups excluding carboxylic acids is 1. The van der Waals surface area contributed by atoms with Crippen molar-refractivity contribution in [3.8, 4) is 23.0 Å². The molecule has 1 aromatic heterocycles. The van der Waals surface area contributed by atoms with Gasteiger partial charge in [0.1, 0.15) is 17.3 Å². The number of aryl methyl sites for hydroxylation is 1. The first-order valence-electron chi connectivity index (χ1n) is 12.6. The number of rotatable bonds is 7. The molecule has 0 saturated carbocycles. The summed E-state index contributed by atoms with van der Waals surface area (Å²) in [5.41, 5.74) is 3.82. The van der Waals surface area contributed by atoms with Gasteiger partial charge in [-0.15, -0.1) is 0 Å². The van der Waals surface area contributed by atoms with Gasteiger partial charge in [-0.1, -0.05) is 48.0 Å². The number of nitriles is 1. The summed E-state index contributed by atoms with van der Waals surface area (Å²) in [4.78, 5) is 13.2. The van der Waals surface area contributed by atoms with E-state index in [1.807, 2.05) is 55.5 Å². The third-order valence-corrected chi connectivity index (χ3v) is 8.44. The second-order valence-electron chi connectivity index (χ2n) is 9.34. The second-order valence-corrected chi connectivity index (χ2v) is 11.3. The Morgan fingerprint density at radius 3 is 2.41 bits per heavy atom. The highest BCUT2D eigenvalue weighted by atomic mass is 32.2. The van der Waals surface area contributed by atoms with Gasteiger partial charge in [0.05, 0.1) is 10.6 Å². The van der Waals surface area contributed by atoms with Crippen LogP contribution in [0.3, 0.4) is 0 Å². The van der Waals surface area contributed by atoms with Crippen molar-refractivity contribution in [3.63, 3.8) is 0 Å². The molecule has 39 heavy (non-hydrogen) atoms. The van der Waals surface area contributed by atoms with Crippen LogP contribution >= 0.6 is 0 Å². The zero-order chi connectivity index (χ0) is 27.4. The summed E-state index contributed by atoms with van der Waals surface area (Å²) in [5.74, 6) is -0.551. The van der Waals surface area contributed by atoms with Gasteiger partial charge in [0.25, 0.3) is 5.91 Å². The summed E-state index contributed by atoms with van der Waals surface area (Å²) in [6, 6.07) is 25.3. The van der Waals surface area contributed by atoms with Crippen LogP contribution in [-0.4, -0.2) is 41.5 Å². The van der Waals surface area contributed by atoms with E-state index < -0.39 is 15.9 Å². The molecule has 2 heterocycles. The summed E-state index contributed by atoms with van der Waals surface area (Å²) < 4.78 is 29.6. The molecule has 196 valence electrons. The third kappa shape index (κ3) is 5.67. The predicted molar refractivity (Wildman–Crippen MR) is 150 cm³/mol. The molecule has 0 unspecified atom stereocenters. The number of amides is 1. The topological polar surface area (TPSA) is 108 Å². The van der Waals surface area contributed by atoms with Crippen LogP contribution in [-0.2, 0) is 14.8 Å². The van der Waals surface area contributed by atoms with E-state index in [0.717, 1.165) is 24.1 Å². The maximum Gasteiger partial charge on any atom is 0.266 e. The molecular weight excluding hydrogens is 510 g/mol. The Morgan fingerprint density at radius 1 is 1.00 bits per heavy atom. The van der Waals surface area contributed by atoms with Gasteiger partial charge in [0.2, 0.25) is 10.0 Å². The number of hydrogen-bond donors (Lipinski definition) is 1. The first-order chi connectivity index (χ1) is 18.8.